The van der Waals surface area contributed by atoms with Crippen LogP contribution in [0.3, 0.4) is 0 Å². The van der Waals surface area contributed by atoms with Crippen molar-refractivity contribution in [1.29, 1.82) is 0 Å². The van der Waals surface area contributed by atoms with Crippen LogP contribution in [-0.4, -0.2) is 48.2 Å². The maximum absolute atomic E-state index is 13.1. The minimum absolute atomic E-state index is 0.0939. The second-order valence-corrected chi connectivity index (χ2v) is 10.1. The molecule has 7 nitrogen and oxygen atoms in total. The lowest BCUT2D eigenvalue weighted by Gasteiger charge is -2.41. The fourth-order valence-electron chi connectivity index (χ4n) is 4.24. The van der Waals surface area contributed by atoms with Gasteiger partial charge in [-0.15, -0.1) is 0 Å². The van der Waals surface area contributed by atoms with Gasteiger partial charge in [-0.3, -0.25) is 9.48 Å². The Bertz CT molecular complexity index is 1090. The highest BCUT2D eigenvalue weighted by molar-refractivity contribution is 5.93. The molecule has 34 heavy (non-hydrogen) atoms. The quantitative estimate of drug-likeness (QED) is 0.561. The Morgan fingerprint density at radius 3 is 2.44 bits per heavy atom. The Hall–Kier alpha value is -2.72. The molecule has 10 heteroatoms. The number of aromatic nitrogens is 3. The van der Waals surface area contributed by atoms with E-state index in [0.29, 0.717) is 17.0 Å². The van der Waals surface area contributed by atoms with Gasteiger partial charge in [0.1, 0.15) is 11.3 Å². The predicted octanol–water partition coefficient (Wildman–Crippen LogP) is 3.75. The first-order valence-electron chi connectivity index (χ1n) is 11.1. The molecule has 0 aromatic carbocycles. The normalized spacial score (nSPS) is 18.9. The molecule has 0 saturated heterocycles. The van der Waals surface area contributed by atoms with Crippen molar-refractivity contribution in [2.45, 2.75) is 83.3 Å². The van der Waals surface area contributed by atoms with E-state index in [1.165, 1.54) is 10.7 Å². The van der Waals surface area contributed by atoms with Crippen LogP contribution in [0.2, 0.25) is 0 Å². The zero-order valence-electron chi connectivity index (χ0n) is 20.0. The van der Waals surface area contributed by atoms with Gasteiger partial charge in [-0.2, -0.15) is 18.3 Å². The van der Waals surface area contributed by atoms with Crippen LogP contribution in [0.5, 0.6) is 0 Å². The molecule has 2 heterocycles. The maximum Gasteiger partial charge on any atom is 0.389 e. The Labute approximate surface area is 196 Å². The van der Waals surface area contributed by atoms with Crippen LogP contribution in [0.25, 0.3) is 6.08 Å². The molecule has 0 spiro atoms. The molecular formula is C24H31F3N4O3. The fourth-order valence-corrected chi connectivity index (χ4v) is 4.24. The minimum atomic E-state index is -4.22. The molecule has 0 aliphatic heterocycles. The first-order valence-corrected chi connectivity index (χ1v) is 11.1. The summed E-state index contributed by atoms with van der Waals surface area (Å²) in [5.41, 5.74) is -1.26. The van der Waals surface area contributed by atoms with Gasteiger partial charge in [0.25, 0.3) is 5.91 Å². The number of hydrogen-bond donors (Lipinski definition) is 3. The van der Waals surface area contributed by atoms with Gasteiger partial charge in [-0.1, -0.05) is 6.07 Å². The summed E-state index contributed by atoms with van der Waals surface area (Å²) in [6.07, 6.45) is -1.56. The lowest BCUT2D eigenvalue weighted by Crippen LogP contribution is -2.55. The van der Waals surface area contributed by atoms with E-state index in [0.717, 1.165) is 5.56 Å². The number of carbonyl (C=O) groups excluding carboxylic acids is 1. The van der Waals surface area contributed by atoms with Gasteiger partial charge >= 0.3 is 6.18 Å². The number of fused-ring (bicyclic) bond motifs is 1. The number of hydrogen-bond acceptors (Lipinski definition) is 5. The van der Waals surface area contributed by atoms with E-state index in [1.54, 1.807) is 59.0 Å². The van der Waals surface area contributed by atoms with Crippen LogP contribution in [0.15, 0.2) is 30.0 Å². The summed E-state index contributed by atoms with van der Waals surface area (Å²) in [6, 6.07) is 4.79. The zero-order valence-corrected chi connectivity index (χ0v) is 20.0. The van der Waals surface area contributed by atoms with Gasteiger partial charge in [-0.25, -0.2) is 4.98 Å². The molecule has 1 aliphatic carbocycles. The van der Waals surface area contributed by atoms with E-state index in [2.05, 4.69) is 15.4 Å². The van der Waals surface area contributed by atoms with E-state index in [-0.39, 0.29) is 25.1 Å². The van der Waals surface area contributed by atoms with E-state index in [1.807, 2.05) is 0 Å². The molecule has 1 unspecified atom stereocenters. The van der Waals surface area contributed by atoms with Crippen LogP contribution in [0.1, 0.15) is 74.9 Å². The largest absolute Gasteiger partial charge is 0.389 e. The van der Waals surface area contributed by atoms with Gasteiger partial charge < -0.3 is 15.5 Å². The summed E-state index contributed by atoms with van der Waals surface area (Å²) in [5, 5.41) is 28.4. The number of halogens is 3. The highest BCUT2D eigenvalue weighted by Gasteiger charge is 2.42. The van der Waals surface area contributed by atoms with Crippen LogP contribution >= 0.6 is 0 Å². The van der Waals surface area contributed by atoms with Crippen molar-refractivity contribution in [3.8, 4) is 0 Å². The van der Waals surface area contributed by atoms with E-state index >= 15 is 0 Å². The van der Waals surface area contributed by atoms with Crippen molar-refractivity contribution >= 4 is 12.0 Å². The van der Waals surface area contributed by atoms with Crippen molar-refractivity contribution in [2.24, 2.45) is 0 Å². The highest BCUT2D eigenvalue weighted by Crippen LogP contribution is 2.37. The van der Waals surface area contributed by atoms with Crippen molar-refractivity contribution in [3.05, 3.63) is 52.6 Å². The second-order valence-electron chi connectivity index (χ2n) is 10.1. The molecule has 0 radical (unpaired) electrons. The van der Waals surface area contributed by atoms with Crippen molar-refractivity contribution in [3.63, 3.8) is 0 Å². The van der Waals surface area contributed by atoms with Gasteiger partial charge in [0.2, 0.25) is 0 Å². The van der Waals surface area contributed by atoms with Crippen LogP contribution in [0, 0.1) is 0 Å². The molecule has 1 atom stereocenters. The standard InChI is InChI=1S/C24H31F3N4O3/c1-21(2,33)18-12-17-15(14-31(30-17)11-7-10-24(25,26)27)13-23(18,5)29-20(32)16-8-6-9-19(28-16)22(3,4)34/h6,8-9,12,14,33-34H,7,10-11,13H2,1-5H3,(H,29,32). The number of aryl methyl sites for hydroxylation is 1. The Morgan fingerprint density at radius 2 is 1.85 bits per heavy atom. The second kappa shape index (κ2) is 8.81. The molecule has 1 aliphatic rings. The Morgan fingerprint density at radius 1 is 1.18 bits per heavy atom. The van der Waals surface area contributed by atoms with E-state index < -0.39 is 35.2 Å². The van der Waals surface area contributed by atoms with Crippen molar-refractivity contribution in [2.75, 3.05) is 0 Å². The molecule has 2 aromatic heterocycles. The fraction of sp³-hybridized carbons (Fsp3) is 0.542. The molecule has 2 aromatic rings. The molecule has 0 saturated carbocycles. The van der Waals surface area contributed by atoms with Gasteiger partial charge in [0, 0.05) is 31.1 Å². The average molecular weight is 481 g/mol. The van der Waals surface area contributed by atoms with Crippen LogP contribution in [0.4, 0.5) is 13.2 Å². The number of amides is 1. The summed E-state index contributed by atoms with van der Waals surface area (Å²) in [4.78, 5) is 17.4. The van der Waals surface area contributed by atoms with Gasteiger partial charge in [0.05, 0.1) is 22.5 Å². The van der Waals surface area contributed by atoms with Crippen molar-refractivity contribution in [1.82, 2.24) is 20.1 Å². The number of pyridine rings is 1. The van der Waals surface area contributed by atoms with E-state index in [9.17, 15) is 28.2 Å². The summed E-state index contributed by atoms with van der Waals surface area (Å²) >= 11 is 0. The Balaban J connectivity index is 1.87. The number of rotatable bonds is 7. The third-order valence-electron chi connectivity index (χ3n) is 5.79. The lowest BCUT2D eigenvalue weighted by atomic mass is 9.74. The number of aliphatic hydroxyl groups is 2. The lowest BCUT2D eigenvalue weighted by molar-refractivity contribution is -0.136. The monoisotopic (exact) mass is 480 g/mol. The molecule has 0 fully saturated rings. The SMILES string of the molecule is CC(C)(O)C1=Cc2nn(CCCC(F)(F)F)cc2CC1(C)NC(=O)c1cccc(C(C)(C)O)n1. The topological polar surface area (TPSA) is 100 Å². The van der Waals surface area contributed by atoms with E-state index in [4.69, 9.17) is 0 Å². The molecule has 0 bridgehead atoms. The summed E-state index contributed by atoms with van der Waals surface area (Å²) < 4.78 is 39.0. The Kier molecular flexibility index (Phi) is 6.71. The van der Waals surface area contributed by atoms with Crippen LogP contribution < -0.4 is 5.32 Å². The first-order chi connectivity index (χ1) is 15.5. The molecule has 186 valence electrons. The number of carbonyl (C=O) groups is 1. The minimum Gasteiger partial charge on any atom is -0.386 e. The summed E-state index contributed by atoms with van der Waals surface area (Å²) in [5.74, 6) is -0.482. The number of nitrogens with zero attached hydrogens (tertiary/aromatic N) is 3. The molecular weight excluding hydrogens is 449 g/mol. The number of nitrogens with one attached hydrogen (secondary N) is 1. The van der Waals surface area contributed by atoms with Gasteiger partial charge in [0.15, 0.2) is 0 Å². The smallest absolute Gasteiger partial charge is 0.386 e. The maximum atomic E-state index is 13.1. The molecule has 1 amide bonds. The summed E-state index contributed by atoms with van der Waals surface area (Å²) in [6.45, 7) is 8.22. The van der Waals surface area contributed by atoms with Crippen LogP contribution in [-0.2, 0) is 18.6 Å². The first kappa shape index (κ1) is 25.9. The molecule has 3 N–H and O–H groups in total. The third-order valence-corrected chi connectivity index (χ3v) is 5.79. The predicted molar refractivity (Wildman–Crippen MR) is 121 cm³/mol. The van der Waals surface area contributed by atoms with Gasteiger partial charge in [-0.05, 0) is 64.8 Å². The number of alkyl halides is 3. The van der Waals surface area contributed by atoms with Crippen molar-refractivity contribution < 1.29 is 28.2 Å². The average Bonchev–Trinajstić information content (AvgIpc) is 3.05. The molecule has 3 rings (SSSR count). The third kappa shape index (κ3) is 6.04. The highest BCUT2D eigenvalue weighted by atomic mass is 19.4. The summed E-state index contributed by atoms with van der Waals surface area (Å²) in [7, 11) is 0. The zero-order chi connectivity index (χ0) is 25.5.